The third-order valence-electron chi connectivity index (χ3n) is 4.11. The number of aromatic nitrogens is 7. The molecule has 0 unspecified atom stereocenters. The smallest absolute Gasteiger partial charge is 0.178 e. The van der Waals surface area contributed by atoms with E-state index in [2.05, 4.69) is 35.7 Å². The second kappa shape index (κ2) is 6.06. The molecule has 2 N–H and O–H groups in total. The maximum atomic E-state index is 6.32. The first-order valence-electron chi connectivity index (χ1n) is 8.18. The van der Waals surface area contributed by atoms with E-state index in [-0.39, 0.29) is 0 Å². The average molecular weight is 381 g/mol. The number of hydrogen-bond donors (Lipinski definition) is 2. The van der Waals surface area contributed by atoms with Gasteiger partial charge in [0.2, 0.25) is 0 Å². The Morgan fingerprint density at radius 3 is 3.07 bits per heavy atom. The first kappa shape index (κ1) is 15.8. The van der Waals surface area contributed by atoms with Crippen LogP contribution in [0.15, 0.2) is 41.2 Å². The number of halogens is 1. The topological polar surface area (TPSA) is 110 Å². The highest BCUT2D eigenvalue weighted by atomic mass is 35.5. The van der Waals surface area contributed by atoms with Crippen molar-refractivity contribution in [1.29, 1.82) is 0 Å². The lowest BCUT2D eigenvalue weighted by atomic mass is 10.3. The molecule has 5 aromatic heterocycles. The highest BCUT2D eigenvalue weighted by Crippen LogP contribution is 2.27. The molecule has 0 fully saturated rings. The van der Waals surface area contributed by atoms with E-state index in [0.29, 0.717) is 28.9 Å². The molecular weight excluding hydrogens is 368 g/mol. The molecule has 0 aliphatic carbocycles. The van der Waals surface area contributed by atoms with Crippen LogP contribution in [0.1, 0.15) is 11.5 Å². The predicted octanol–water partition coefficient (Wildman–Crippen LogP) is 3.44. The van der Waals surface area contributed by atoms with Gasteiger partial charge in [0.25, 0.3) is 0 Å². The van der Waals surface area contributed by atoms with Gasteiger partial charge in [0.15, 0.2) is 22.4 Å². The summed E-state index contributed by atoms with van der Waals surface area (Å²) in [6.45, 7) is 2.27. The van der Waals surface area contributed by atoms with Crippen molar-refractivity contribution in [2.24, 2.45) is 0 Å². The molecule has 0 saturated carbocycles. The van der Waals surface area contributed by atoms with Crippen molar-refractivity contribution in [3.8, 4) is 0 Å². The fraction of sp³-hybridized carbons (Fsp3) is 0.118. The molecule has 0 radical (unpaired) electrons. The first-order valence-corrected chi connectivity index (χ1v) is 8.55. The summed E-state index contributed by atoms with van der Waals surface area (Å²) in [6, 6.07) is 7.49. The van der Waals surface area contributed by atoms with Gasteiger partial charge in [0.1, 0.15) is 12.1 Å². The lowest BCUT2D eigenvalue weighted by Gasteiger charge is -2.04. The molecule has 27 heavy (non-hydrogen) atoms. The van der Waals surface area contributed by atoms with Crippen molar-refractivity contribution >= 4 is 45.2 Å². The number of nitrogens with zero attached hydrogens (tertiary/aromatic N) is 6. The van der Waals surface area contributed by atoms with Crippen molar-refractivity contribution in [3.05, 3.63) is 53.3 Å². The SMILES string of the molecule is Cc1cc(Cn2nc(Cl)c3cc(Nc4n[nH]c5cccnc45)cnc32)on1. The lowest BCUT2D eigenvalue weighted by Crippen LogP contribution is -2.02. The lowest BCUT2D eigenvalue weighted by molar-refractivity contribution is 0.369. The van der Waals surface area contributed by atoms with E-state index >= 15 is 0 Å². The second-order valence-corrected chi connectivity index (χ2v) is 6.43. The van der Waals surface area contributed by atoms with Crippen LogP contribution in [0.5, 0.6) is 0 Å². The van der Waals surface area contributed by atoms with Gasteiger partial charge in [-0.05, 0) is 25.1 Å². The van der Waals surface area contributed by atoms with Gasteiger partial charge in [-0.2, -0.15) is 10.2 Å². The van der Waals surface area contributed by atoms with Gasteiger partial charge in [-0.1, -0.05) is 16.8 Å². The number of rotatable bonds is 4. The summed E-state index contributed by atoms with van der Waals surface area (Å²) in [6.07, 6.45) is 3.42. The van der Waals surface area contributed by atoms with Gasteiger partial charge in [0.05, 0.1) is 28.5 Å². The molecule has 134 valence electrons. The maximum absolute atomic E-state index is 6.32. The molecular formula is C17H13ClN8O. The largest absolute Gasteiger partial charge is 0.359 e. The summed E-state index contributed by atoms with van der Waals surface area (Å²) in [4.78, 5) is 8.83. The number of aromatic amines is 1. The Hall–Kier alpha value is -3.46. The molecule has 0 saturated heterocycles. The van der Waals surface area contributed by atoms with E-state index in [9.17, 15) is 0 Å². The van der Waals surface area contributed by atoms with Crippen LogP contribution < -0.4 is 5.32 Å². The third kappa shape index (κ3) is 2.77. The Kier molecular flexibility index (Phi) is 3.54. The fourth-order valence-electron chi connectivity index (χ4n) is 2.92. The van der Waals surface area contributed by atoms with E-state index in [1.54, 1.807) is 17.1 Å². The molecule has 5 rings (SSSR count). The van der Waals surface area contributed by atoms with Crippen LogP contribution in [0.4, 0.5) is 11.5 Å². The molecule has 0 aliphatic heterocycles. The zero-order chi connectivity index (χ0) is 18.4. The Morgan fingerprint density at radius 2 is 2.22 bits per heavy atom. The summed E-state index contributed by atoms with van der Waals surface area (Å²) in [5, 5.41) is 19.7. The number of aryl methyl sites for hydroxylation is 1. The molecule has 0 spiro atoms. The van der Waals surface area contributed by atoms with Crippen molar-refractivity contribution in [2.45, 2.75) is 13.5 Å². The summed E-state index contributed by atoms with van der Waals surface area (Å²) in [5.74, 6) is 1.30. The van der Waals surface area contributed by atoms with Crippen LogP contribution >= 0.6 is 11.6 Å². The van der Waals surface area contributed by atoms with E-state index in [4.69, 9.17) is 16.1 Å². The van der Waals surface area contributed by atoms with Crippen molar-refractivity contribution in [2.75, 3.05) is 5.32 Å². The van der Waals surface area contributed by atoms with E-state index in [0.717, 1.165) is 27.8 Å². The number of hydrogen-bond acceptors (Lipinski definition) is 7. The molecule has 0 atom stereocenters. The quantitative estimate of drug-likeness (QED) is 0.491. The van der Waals surface area contributed by atoms with Crippen molar-refractivity contribution in [1.82, 2.24) is 35.1 Å². The third-order valence-corrected chi connectivity index (χ3v) is 4.39. The van der Waals surface area contributed by atoms with E-state index < -0.39 is 0 Å². The second-order valence-electron chi connectivity index (χ2n) is 6.08. The van der Waals surface area contributed by atoms with Gasteiger partial charge >= 0.3 is 0 Å². The summed E-state index contributed by atoms with van der Waals surface area (Å²) < 4.78 is 6.94. The zero-order valence-electron chi connectivity index (χ0n) is 14.1. The summed E-state index contributed by atoms with van der Waals surface area (Å²) >= 11 is 6.32. The number of H-pyrrole nitrogens is 1. The van der Waals surface area contributed by atoms with Gasteiger partial charge < -0.3 is 9.84 Å². The monoisotopic (exact) mass is 380 g/mol. The highest BCUT2D eigenvalue weighted by molar-refractivity contribution is 6.34. The zero-order valence-corrected chi connectivity index (χ0v) is 14.9. The van der Waals surface area contributed by atoms with Crippen LogP contribution in [-0.4, -0.2) is 35.1 Å². The van der Waals surface area contributed by atoms with Crippen LogP contribution in [0.3, 0.4) is 0 Å². The van der Waals surface area contributed by atoms with E-state index in [1.807, 2.05) is 31.2 Å². The maximum Gasteiger partial charge on any atom is 0.178 e. The molecule has 5 heterocycles. The Labute approximate surface area is 157 Å². The Balaban J connectivity index is 1.49. The minimum atomic E-state index is 0.363. The normalized spacial score (nSPS) is 11.5. The molecule has 5 aromatic rings. The average Bonchev–Trinajstić information content (AvgIpc) is 3.35. The molecule has 0 aromatic carbocycles. The van der Waals surface area contributed by atoms with Crippen LogP contribution in [-0.2, 0) is 6.54 Å². The first-order chi connectivity index (χ1) is 13.2. The summed E-state index contributed by atoms with van der Waals surface area (Å²) in [7, 11) is 0. The fourth-order valence-corrected chi connectivity index (χ4v) is 3.15. The minimum absolute atomic E-state index is 0.363. The highest BCUT2D eigenvalue weighted by Gasteiger charge is 2.14. The standard InChI is InChI=1S/C17H13ClN8O/c1-9-5-11(27-25-9)8-26-17-12(15(18)24-26)6-10(7-20-17)21-16-14-13(22-23-16)3-2-4-19-14/h2-7H,8H2,1H3,(H2,21,22,23). The molecule has 0 bridgehead atoms. The number of fused-ring (bicyclic) bond motifs is 2. The Bertz CT molecular complexity index is 1270. The minimum Gasteiger partial charge on any atom is -0.359 e. The predicted molar refractivity (Wildman–Crippen MR) is 100 cm³/mol. The Morgan fingerprint density at radius 1 is 1.30 bits per heavy atom. The molecule has 10 heteroatoms. The van der Waals surface area contributed by atoms with Crippen LogP contribution in [0.2, 0.25) is 5.15 Å². The van der Waals surface area contributed by atoms with Gasteiger partial charge in [0, 0.05) is 12.3 Å². The van der Waals surface area contributed by atoms with Gasteiger partial charge in [-0.25, -0.2) is 9.67 Å². The van der Waals surface area contributed by atoms with Gasteiger partial charge in [-0.15, -0.1) is 0 Å². The van der Waals surface area contributed by atoms with E-state index in [1.165, 1.54) is 0 Å². The number of nitrogens with one attached hydrogen (secondary N) is 2. The number of anilines is 2. The molecule has 9 nitrogen and oxygen atoms in total. The molecule has 0 amide bonds. The number of pyridine rings is 2. The van der Waals surface area contributed by atoms with Crippen LogP contribution in [0.25, 0.3) is 22.1 Å². The van der Waals surface area contributed by atoms with Crippen LogP contribution in [0, 0.1) is 6.92 Å². The van der Waals surface area contributed by atoms with Gasteiger partial charge in [-0.3, -0.25) is 10.1 Å². The summed E-state index contributed by atoms with van der Waals surface area (Å²) in [5.41, 5.74) is 3.80. The van der Waals surface area contributed by atoms with Crippen molar-refractivity contribution < 1.29 is 4.52 Å². The molecule has 0 aliphatic rings. The van der Waals surface area contributed by atoms with Crippen molar-refractivity contribution in [3.63, 3.8) is 0 Å².